The van der Waals surface area contributed by atoms with Gasteiger partial charge in [0.2, 0.25) is 0 Å². The van der Waals surface area contributed by atoms with Crippen LogP contribution in [0.3, 0.4) is 0 Å². The Labute approximate surface area is 153 Å². The Morgan fingerprint density at radius 1 is 1.19 bits per heavy atom. The summed E-state index contributed by atoms with van der Waals surface area (Å²) in [5.41, 5.74) is 0.554. The van der Waals surface area contributed by atoms with Crippen LogP contribution in [-0.2, 0) is 9.59 Å². The molecule has 0 radical (unpaired) electrons. The zero-order valence-corrected chi connectivity index (χ0v) is 14.2. The first-order chi connectivity index (χ1) is 12.5. The molecule has 0 unspecified atom stereocenters. The van der Waals surface area contributed by atoms with Gasteiger partial charge in [-0.3, -0.25) is 14.5 Å². The molecule has 0 atom stereocenters. The van der Waals surface area contributed by atoms with Gasteiger partial charge in [-0.15, -0.1) is 0 Å². The second-order valence-corrected chi connectivity index (χ2v) is 5.81. The Hall–Kier alpha value is -2.90. The first-order valence-corrected chi connectivity index (χ1v) is 8.04. The summed E-state index contributed by atoms with van der Waals surface area (Å²) in [4.78, 5) is 24.8. The zero-order chi connectivity index (χ0) is 18.7. The minimum Gasteiger partial charge on any atom is -0.456 e. The lowest BCUT2D eigenvalue weighted by Gasteiger charge is -2.14. The predicted octanol–water partition coefficient (Wildman–Crippen LogP) is 2.93. The number of rotatable bonds is 6. The molecule has 0 spiro atoms. The van der Waals surface area contributed by atoms with Crippen molar-refractivity contribution in [1.82, 2.24) is 4.90 Å². The summed E-state index contributed by atoms with van der Waals surface area (Å²) in [6.45, 7) is -0.378. The van der Waals surface area contributed by atoms with Crippen LogP contribution in [-0.4, -0.2) is 35.0 Å². The molecule has 0 bridgehead atoms. The summed E-state index contributed by atoms with van der Waals surface area (Å²) in [7, 11) is 0. The van der Waals surface area contributed by atoms with E-state index in [0.717, 1.165) is 11.0 Å². The number of imide groups is 1. The van der Waals surface area contributed by atoms with E-state index in [9.17, 15) is 14.0 Å². The van der Waals surface area contributed by atoms with Gasteiger partial charge in [-0.2, -0.15) is 0 Å². The molecule has 1 heterocycles. The van der Waals surface area contributed by atoms with Crippen LogP contribution in [0, 0.1) is 5.82 Å². The molecule has 0 aliphatic carbocycles. The number of benzene rings is 2. The number of halogens is 2. The number of ether oxygens (including phenoxy) is 1. The molecular weight excluding hydrogens is 363 g/mol. The molecular formula is C18H14ClFN2O4. The van der Waals surface area contributed by atoms with Crippen LogP contribution >= 0.6 is 11.6 Å². The largest absolute Gasteiger partial charge is 0.456 e. The molecule has 2 amide bonds. The molecule has 3 rings (SSSR count). The number of nitrogens with zero attached hydrogens (tertiary/aromatic N) is 1. The lowest BCUT2D eigenvalue weighted by atomic mass is 10.2. The van der Waals surface area contributed by atoms with Crippen molar-refractivity contribution in [3.05, 3.63) is 65.1 Å². The van der Waals surface area contributed by atoms with E-state index in [1.54, 1.807) is 18.2 Å². The van der Waals surface area contributed by atoms with E-state index in [-0.39, 0.29) is 23.9 Å². The third-order valence-corrected chi connectivity index (χ3v) is 3.86. The Morgan fingerprint density at radius 2 is 2.00 bits per heavy atom. The third-order valence-electron chi connectivity index (χ3n) is 3.57. The third kappa shape index (κ3) is 3.84. The van der Waals surface area contributed by atoms with Crippen molar-refractivity contribution in [2.45, 2.75) is 0 Å². The van der Waals surface area contributed by atoms with Crippen molar-refractivity contribution in [1.29, 1.82) is 0 Å². The van der Waals surface area contributed by atoms with E-state index in [2.05, 4.69) is 5.32 Å². The van der Waals surface area contributed by atoms with Crippen molar-refractivity contribution in [3.63, 3.8) is 0 Å². The number of hydrogen-bond acceptors (Lipinski definition) is 5. The van der Waals surface area contributed by atoms with Crippen LogP contribution in [0.2, 0.25) is 5.02 Å². The quantitative estimate of drug-likeness (QED) is 0.758. The van der Waals surface area contributed by atoms with Crippen LogP contribution in [0.4, 0.5) is 10.1 Å². The summed E-state index contributed by atoms with van der Waals surface area (Å²) in [6, 6.07) is 10.3. The van der Waals surface area contributed by atoms with Gasteiger partial charge in [0.25, 0.3) is 11.8 Å². The molecule has 2 aromatic carbocycles. The highest BCUT2D eigenvalue weighted by molar-refractivity contribution is 6.32. The van der Waals surface area contributed by atoms with Gasteiger partial charge in [-0.05, 0) is 30.3 Å². The number of aliphatic hydroxyl groups is 1. The van der Waals surface area contributed by atoms with E-state index in [1.165, 1.54) is 24.3 Å². The molecule has 2 aromatic rings. The molecule has 1 aliphatic rings. The summed E-state index contributed by atoms with van der Waals surface area (Å²) in [5, 5.41) is 12.0. The monoisotopic (exact) mass is 376 g/mol. The predicted molar refractivity (Wildman–Crippen MR) is 93.4 cm³/mol. The highest BCUT2D eigenvalue weighted by Crippen LogP contribution is 2.32. The fourth-order valence-corrected chi connectivity index (χ4v) is 2.60. The van der Waals surface area contributed by atoms with Gasteiger partial charge in [0, 0.05) is 17.8 Å². The highest BCUT2D eigenvalue weighted by Gasteiger charge is 2.30. The topological polar surface area (TPSA) is 78.9 Å². The number of β-amino-alcohol motifs (C(OH)–C–C–N with tert-alkyl or cyclic N) is 1. The van der Waals surface area contributed by atoms with Gasteiger partial charge < -0.3 is 15.2 Å². The standard InChI is InChI=1S/C18H14ClFN2O4/c19-14-9-12(21-15-10-17(24)22(6-7-23)18(15)25)4-5-16(14)26-13-3-1-2-11(20)8-13/h1-5,8-10,21,23H,6-7H2. The average Bonchev–Trinajstić information content (AvgIpc) is 2.85. The molecule has 2 N–H and O–H groups in total. The van der Waals surface area contributed by atoms with Gasteiger partial charge in [-0.1, -0.05) is 17.7 Å². The molecule has 0 saturated carbocycles. The van der Waals surface area contributed by atoms with Crippen LogP contribution in [0.5, 0.6) is 11.5 Å². The number of aliphatic hydroxyl groups excluding tert-OH is 1. The van der Waals surface area contributed by atoms with Crippen molar-refractivity contribution in [2.24, 2.45) is 0 Å². The van der Waals surface area contributed by atoms with Crippen LogP contribution < -0.4 is 10.1 Å². The smallest absolute Gasteiger partial charge is 0.277 e. The molecule has 26 heavy (non-hydrogen) atoms. The molecule has 134 valence electrons. The maximum atomic E-state index is 13.2. The lowest BCUT2D eigenvalue weighted by Crippen LogP contribution is -2.34. The number of nitrogens with one attached hydrogen (secondary N) is 1. The normalized spacial score (nSPS) is 13.8. The summed E-state index contributed by atoms with van der Waals surface area (Å²) in [5.74, 6) is -0.844. The first-order valence-electron chi connectivity index (χ1n) is 7.66. The van der Waals surface area contributed by atoms with Gasteiger partial charge in [0.05, 0.1) is 18.2 Å². The van der Waals surface area contributed by atoms with Gasteiger partial charge in [0.1, 0.15) is 23.0 Å². The second-order valence-electron chi connectivity index (χ2n) is 5.41. The molecule has 8 heteroatoms. The Balaban J connectivity index is 1.73. The molecule has 0 aromatic heterocycles. The minimum absolute atomic E-state index is 0.0689. The fraction of sp³-hybridized carbons (Fsp3) is 0.111. The van der Waals surface area contributed by atoms with E-state index in [1.807, 2.05) is 0 Å². The minimum atomic E-state index is -0.528. The summed E-state index contributed by atoms with van der Waals surface area (Å²) < 4.78 is 18.7. The molecule has 0 saturated heterocycles. The van der Waals surface area contributed by atoms with Crippen LogP contribution in [0.1, 0.15) is 0 Å². The summed E-state index contributed by atoms with van der Waals surface area (Å²) in [6.07, 6.45) is 1.16. The SMILES string of the molecule is O=C1C=C(Nc2ccc(Oc3cccc(F)c3)c(Cl)c2)C(=O)N1CCO. The maximum absolute atomic E-state index is 13.2. The Bertz CT molecular complexity index is 901. The number of amides is 2. The van der Waals surface area contributed by atoms with Gasteiger partial charge in [-0.25, -0.2) is 4.39 Å². The van der Waals surface area contributed by atoms with Gasteiger partial charge >= 0.3 is 0 Å². The van der Waals surface area contributed by atoms with E-state index in [0.29, 0.717) is 17.2 Å². The van der Waals surface area contributed by atoms with Crippen LogP contribution in [0.15, 0.2) is 54.2 Å². The second kappa shape index (κ2) is 7.55. The Kier molecular flexibility index (Phi) is 5.20. The zero-order valence-electron chi connectivity index (χ0n) is 13.4. The number of hydrogen-bond donors (Lipinski definition) is 2. The number of anilines is 1. The first kappa shape index (κ1) is 17.9. The molecule has 6 nitrogen and oxygen atoms in total. The number of carbonyl (C=O) groups excluding carboxylic acids is 2. The summed E-state index contributed by atoms with van der Waals surface area (Å²) >= 11 is 6.17. The van der Waals surface area contributed by atoms with Crippen molar-refractivity contribution in [3.8, 4) is 11.5 Å². The Morgan fingerprint density at radius 3 is 2.69 bits per heavy atom. The van der Waals surface area contributed by atoms with Gasteiger partial charge in [0.15, 0.2) is 0 Å². The van der Waals surface area contributed by atoms with E-state index >= 15 is 0 Å². The lowest BCUT2D eigenvalue weighted by molar-refractivity contribution is -0.137. The average molecular weight is 377 g/mol. The molecule has 1 aliphatic heterocycles. The van der Waals surface area contributed by atoms with Crippen LogP contribution in [0.25, 0.3) is 0 Å². The van der Waals surface area contributed by atoms with E-state index < -0.39 is 17.6 Å². The van der Waals surface area contributed by atoms with E-state index in [4.69, 9.17) is 21.4 Å². The van der Waals surface area contributed by atoms with Crippen molar-refractivity contribution < 1.29 is 23.8 Å². The van der Waals surface area contributed by atoms with Crippen molar-refractivity contribution in [2.75, 3.05) is 18.5 Å². The fourth-order valence-electron chi connectivity index (χ4n) is 2.38. The highest BCUT2D eigenvalue weighted by atomic mass is 35.5. The van der Waals surface area contributed by atoms with Crippen molar-refractivity contribution >= 4 is 29.1 Å². The maximum Gasteiger partial charge on any atom is 0.277 e. The number of carbonyl (C=O) groups is 2. The molecule has 0 fully saturated rings.